The summed E-state index contributed by atoms with van der Waals surface area (Å²) in [5.74, 6) is 1.10. The Balaban J connectivity index is 1.56. The van der Waals surface area contributed by atoms with Crippen LogP contribution in [0.1, 0.15) is 28.8 Å². The first-order valence-electron chi connectivity index (χ1n) is 7.79. The molecule has 120 valence electrons. The fraction of sp³-hybridized carbons (Fsp3) is 0.333. The summed E-state index contributed by atoms with van der Waals surface area (Å²) in [4.78, 5) is 16.3. The summed E-state index contributed by atoms with van der Waals surface area (Å²) in [6, 6.07) is 10.8. The average molecular weight is 312 g/mol. The van der Waals surface area contributed by atoms with Crippen LogP contribution in [0.15, 0.2) is 42.6 Å². The van der Waals surface area contributed by atoms with E-state index in [1.165, 1.54) is 0 Å². The number of benzene rings is 1. The van der Waals surface area contributed by atoms with Gasteiger partial charge in [-0.25, -0.2) is 4.98 Å². The Kier molecular flexibility index (Phi) is 4.88. The topological polar surface area (TPSA) is 60.5 Å². The minimum atomic E-state index is -0.186. The van der Waals surface area contributed by atoms with Crippen LogP contribution in [0, 0.1) is 6.92 Å². The Labute approximate surface area is 135 Å². The van der Waals surface area contributed by atoms with E-state index in [1.54, 1.807) is 30.5 Å². The van der Waals surface area contributed by atoms with E-state index in [-0.39, 0.29) is 12.0 Å². The molecule has 0 saturated carbocycles. The van der Waals surface area contributed by atoms with E-state index in [0.29, 0.717) is 18.0 Å². The summed E-state index contributed by atoms with van der Waals surface area (Å²) < 4.78 is 11.2. The van der Waals surface area contributed by atoms with Gasteiger partial charge in [0.15, 0.2) is 0 Å². The van der Waals surface area contributed by atoms with Crippen molar-refractivity contribution in [3.63, 3.8) is 0 Å². The summed E-state index contributed by atoms with van der Waals surface area (Å²) >= 11 is 0. The van der Waals surface area contributed by atoms with E-state index < -0.39 is 0 Å². The normalized spacial score (nSPS) is 17.0. The molecule has 23 heavy (non-hydrogen) atoms. The third-order valence-electron chi connectivity index (χ3n) is 3.73. The molecular weight excluding hydrogens is 292 g/mol. The van der Waals surface area contributed by atoms with Crippen molar-refractivity contribution in [2.24, 2.45) is 0 Å². The van der Waals surface area contributed by atoms with Gasteiger partial charge in [-0.1, -0.05) is 0 Å². The van der Waals surface area contributed by atoms with Gasteiger partial charge in [0, 0.05) is 18.4 Å². The van der Waals surface area contributed by atoms with Crippen LogP contribution in [-0.2, 0) is 4.74 Å². The quantitative estimate of drug-likeness (QED) is 0.921. The number of ether oxygens (including phenoxy) is 2. The van der Waals surface area contributed by atoms with E-state index in [1.807, 2.05) is 19.1 Å². The molecule has 1 aliphatic rings. The first-order chi connectivity index (χ1) is 11.2. The molecule has 1 aromatic carbocycles. The minimum absolute atomic E-state index is 0.186. The van der Waals surface area contributed by atoms with Gasteiger partial charge in [-0.2, -0.15) is 0 Å². The zero-order chi connectivity index (χ0) is 16.1. The lowest BCUT2D eigenvalue weighted by Crippen LogP contribution is -2.16. The number of amides is 1. The average Bonchev–Trinajstić information content (AvgIpc) is 3.07. The second kappa shape index (κ2) is 7.24. The monoisotopic (exact) mass is 312 g/mol. The summed E-state index contributed by atoms with van der Waals surface area (Å²) in [7, 11) is 0. The number of aryl methyl sites for hydroxylation is 1. The van der Waals surface area contributed by atoms with Crippen molar-refractivity contribution in [3.8, 4) is 5.75 Å². The number of rotatable bonds is 5. The maximum Gasteiger partial charge on any atom is 0.256 e. The molecule has 0 spiro atoms. The molecule has 1 amide bonds. The van der Waals surface area contributed by atoms with Gasteiger partial charge in [-0.15, -0.1) is 0 Å². The van der Waals surface area contributed by atoms with Gasteiger partial charge in [0.25, 0.3) is 5.91 Å². The van der Waals surface area contributed by atoms with Gasteiger partial charge in [-0.05, 0) is 61.7 Å². The predicted octanol–water partition coefficient (Wildman–Crippen LogP) is 3.20. The number of nitrogens with one attached hydrogen (secondary N) is 1. The Morgan fingerprint density at radius 2 is 2.17 bits per heavy atom. The molecule has 0 aliphatic carbocycles. The molecule has 2 heterocycles. The lowest BCUT2D eigenvalue weighted by molar-refractivity contribution is 0.0679. The number of anilines is 1. The van der Waals surface area contributed by atoms with E-state index in [9.17, 15) is 4.79 Å². The van der Waals surface area contributed by atoms with Crippen LogP contribution in [0.2, 0.25) is 0 Å². The smallest absolute Gasteiger partial charge is 0.256 e. The number of carbonyl (C=O) groups is 1. The van der Waals surface area contributed by atoms with Crippen molar-refractivity contribution < 1.29 is 14.3 Å². The molecule has 3 rings (SSSR count). The highest BCUT2D eigenvalue weighted by Crippen LogP contribution is 2.17. The van der Waals surface area contributed by atoms with Gasteiger partial charge >= 0.3 is 0 Å². The first kappa shape index (κ1) is 15.5. The minimum Gasteiger partial charge on any atom is -0.491 e. The molecule has 5 nitrogen and oxygen atoms in total. The number of nitrogens with zero attached hydrogens (tertiary/aromatic N) is 1. The van der Waals surface area contributed by atoms with Crippen LogP contribution >= 0.6 is 0 Å². The third kappa shape index (κ3) is 4.29. The number of hydrogen-bond donors (Lipinski definition) is 1. The molecule has 1 aliphatic heterocycles. The van der Waals surface area contributed by atoms with Crippen molar-refractivity contribution in [2.45, 2.75) is 25.9 Å². The second-order valence-corrected chi connectivity index (χ2v) is 5.64. The molecule has 0 bridgehead atoms. The second-order valence-electron chi connectivity index (χ2n) is 5.64. The molecule has 0 unspecified atom stereocenters. The molecule has 1 aromatic heterocycles. The van der Waals surface area contributed by atoms with Crippen LogP contribution in [0.4, 0.5) is 5.82 Å². The number of hydrogen-bond acceptors (Lipinski definition) is 4. The van der Waals surface area contributed by atoms with Gasteiger partial charge in [0.05, 0.1) is 6.10 Å². The fourth-order valence-electron chi connectivity index (χ4n) is 2.46. The maximum absolute atomic E-state index is 12.2. The molecule has 1 fully saturated rings. The van der Waals surface area contributed by atoms with Gasteiger partial charge < -0.3 is 14.8 Å². The van der Waals surface area contributed by atoms with E-state index >= 15 is 0 Å². The van der Waals surface area contributed by atoms with Gasteiger partial charge in [0.2, 0.25) is 0 Å². The zero-order valence-corrected chi connectivity index (χ0v) is 13.1. The number of carbonyl (C=O) groups excluding carboxylic acids is 1. The van der Waals surface area contributed by atoms with Crippen molar-refractivity contribution in [3.05, 3.63) is 53.7 Å². The van der Waals surface area contributed by atoms with E-state index in [4.69, 9.17) is 9.47 Å². The number of pyridine rings is 1. The van der Waals surface area contributed by atoms with E-state index in [0.717, 1.165) is 30.8 Å². The summed E-state index contributed by atoms with van der Waals surface area (Å²) in [5, 5.41) is 2.78. The molecule has 1 atom stereocenters. The molecule has 1 saturated heterocycles. The molecule has 0 radical (unpaired) electrons. The summed E-state index contributed by atoms with van der Waals surface area (Å²) in [6.45, 7) is 3.33. The zero-order valence-electron chi connectivity index (χ0n) is 13.1. The Morgan fingerprint density at radius 1 is 1.35 bits per heavy atom. The lowest BCUT2D eigenvalue weighted by atomic mass is 10.2. The summed E-state index contributed by atoms with van der Waals surface area (Å²) in [5.41, 5.74) is 1.62. The third-order valence-corrected chi connectivity index (χ3v) is 3.73. The Hall–Kier alpha value is -2.40. The van der Waals surface area contributed by atoms with Crippen LogP contribution in [-0.4, -0.2) is 30.2 Å². The van der Waals surface area contributed by atoms with E-state index in [2.05, 4.69) is 10.3 Å². The van der Waals surface area contributed by atoms with Crippen LogP contribution < -0.4 is 10.1 Å². The maximum atomic E-state index is 12.2. The standard InChI is InChI=1S/C18H20N2O3/c1-13-8-9-19-17(11-13)20-18(21)14-4-6-15(7-5-14)23-12-16-3-2-10-22-16/h4-9,11,16H,2-3,10,12H2,1H3,(H,19,20,21)/t16-/m0/s1. The molecule has 1 N–H and O–H groups in total. The van der Waals surface area contributed by atoms with Crippen LogP contribution in [0.5, 0.6) is 5.75 Å². The highest BCUT2D eigenvalue weighted by Gasteiger charge is 2.16. The lowest BCUT2D eigenvalue weighted by Gasteiger charge is -2.11. The predicted molar refractivity (Wildman–Crippen MR) is 87.8 cm³/mol. The highest BCUT2D eigenvalue weighted by molar-refractivity contribution is 6.03. The molecular formula is C18H20N2O3. The number of aromatic nitrogens is 1. The van der Waals surface area contributed by atoms with Crippen molar-refractivity contribution >= 4 is 11.7 Å². The SMILES string of the molecule is Cc1ccnc(NC(=O)c2ccc(OC[C@@H]3CCCO3)cc2)c1. The largest absolute Gasteiger partial charge is 0.491 e. The van der Waals surface area contributed by atoms with Gasteiger partial charge in [-0.3, -0.25) is 4.79 Å². The van der Waals surface area contributed by atoms with Crippen molar-refractivity contribution in [1.29, 1.82) is 0 Å². The summed E-state index contributed by atoms with van der Waals surface area (Å²) in [6.07, 6.45) is 4.00. The van der Waals surface area contributed by atoms with Crippen molar-refractivity contribution in [2.75, 3.05) is 18.5 Å². The van der Waals surface area contributed by atoms with Crippen molar-refractivity contribution in [1.82, 2.24) is 4.98 Å². The first-order valence-corrected chi connectivity index (χ1v) is 7.79. The van der Waals surface area contributed by atoms with Gasteiger partial charge in [0.1, 0.15) is 18.2 Å². The van der Waals surface area contributed by atoms with Crippen LogP contribution in [0.25, 0.3) is 0 Å². The van der Waals surface area contributed by atoms with Crippen LogP contribution in [0.3, 0.4) is 0 Å². The Bertz CT molecular complexity index is 664. The molecule has 5 heteroatoms. The molecule has 2 aromatic rings. The Morgan fingerprint density at radius 3 is 2.87 bits per heavy atom. The highest BCUT2D eigenvalue weighted by atomic mass is 16.5. The fourth-order valence-corrected chi connectivity index (χ4v) is 2.46.